The van der Waals surface area contributed by atoms with Gasteiger partial charge in [0, 0.05) is 22.5 Å². The number of hydrogen-bond acceptors (Lipinski definition) is 4. The summed E-state index contributed by atoms with van der Waals surface area (Å²) in [7, 11) is -3.77. The highest BCUT2D eigenvalue weighted by molar-refractivity contribution is 7.92. The zero-order valence-corrected chi connectivity index (χ0v) is 18.7. The van der Waals surface area contributed by atoms with Gasteiger partial charge in [0.05, 0.1) is 6.54 Å². The first-order chi connectivity index (χ1) is 15.8. The fourth-order valence-corrected chi connectivity index (χ4v) is 3.48. The minimum atomic E-state index is -3.77. The molecule has 3 aromatic carbocycles. The second kappa shape index (κ2) is 11.1. The Morgan fingerprint density at radius 3 is 1.91 bits per heavy atom. The predicted octanol–water partition coefficient (Wildman–Crippen LogP) is 4.17. The maximum atomic E-state index is 12.1. The van der Waals surface area contributed by atoms with E-state index < -0.39 is 28.5 Å². The van der Waals surface area contributed by atoms with Crippen molar-refractivity contribution in [3.8, 4) is 0 Å². The average molecular weight is 465 g/mol. The first-order valence-electron chi connectivity index (χ1n) is 10.1. The van der Waals surface area contributed by atoms with E-state index in [4.69, 9.17) is 0 Å². The highest BCUT2D eigenvalue weighted by Gasteiger charge is 2.09. The zero-order chi connectivity index (χ0) is 23.7. The number of aryl methyl sites for hydroxylation is 1. The number of amides is 3. The summed E-state index contributed by atoms with van der Waals surface area (Å²) in [6.45, 7) is 1.53. The maximum absolute atomic E-state index is 12.1. The molecule has 0 unspecified atom stereocenters. The summed E-state index contributed by atoms with van der Waals surface area (Å²) >= 11 is 0. The van der Waals surface area contributed by atoms with Crippen LogP contribution in [0.1, 0.15) is 11.1 Å². The van der Waals surface area contributed by atoms with Gasteiger partial charge in [-0.1, -0.05) is 48.0 Å². The summed E-state index contributed by atoms with van der Waals surface area (Å²) in [4.78, 5) is 24.1. The summed E-state index contributed by atoms with van der Waals surface area (Å²) in [5, 5.41) is 9.00. The third-order valence-corrected chi connectivity index (χ3v) is 5.45. The molecule has 9 heteroatoms. The molecule has 8 nitrogen and oxygen atoms in total. The normalized spacial score (nSPS) is 11.2. The summed E-state index contributed by atoms with van der Waals surface area (Å²) < 4.78 is 26.4. The second-order valence-corrected chi connectivity index (χ2v) is 8.80. The molecule has 3 aromatic rings. The quantitative estimate of drug-likeness (QED) is 0.400. The smallest absolute Gasteiger partial charge is 0.323 e. The summed E-state index contributed by atoms with van der Waals surface area (Å²) in [5.41, 5.74) is 3.47. The molecule has 0 aliphatic carbocycles. The number of para-hydroxylation sites is 1. The van der Waals surface area contributed by atoms with Crippen LogP contribution in [0.2, 0.25) is 0 Å². The van der Waals surface area contributed by atoms with Crippen molar-refractivity contribution in [1.29, 1.82) is 0 Å². The minimum Gasteiger partial charge on any atom is -0.325 e. The molecule has 0 atom stereocenters. The van der Waals surface area contributed by atoms with Gasteiger partial charge in [-0.15, -0.1) is 0 Å². The first kappa shape index (κ1) is 23.7. The van der Waals surface area contributed by atoms with Crippen LogP contribution in [0.4, 0.5) is 21.9 Å². The molecule has 0 spiro atoms. The van der Waals surface area contributed by atoms with Crippen molar-refractivity contribution >= 4 is 45.1 Å². The number of benzene rings is 3. The lowest BCUT2D eigenvalue weighted by Crippen LogP contribution is -2.31. The average Bonchev–Trinajstić information content (AvgIpc) is 2.79. The molecule has 0 saturated heterocycles. The first-order valence-corrected chi connectivity index (χ1v) is 11.6. The van der Waals surface area contributed by atoms with Crippen molar-refractivity contribution in [2.45, 2.75) is 6.92 Å². The lowest BCUT2D eigenvalue weighted by molar-refractivity contribution is -0.115. The van der Waals surface area contributed by atoms with E-state index in [1.54, 1.807) is 48.5 Å². The Morgan fingerprint density at radius 2 is 1.30 bits per heavy atom. The number of sulfonamides is 1. The lowest BCUT2D eigenvalue weighted by Gasteiger charge is -2.09. The van der Waals surface area contributed by atoms with Gasteiger partial charge in [0.15, 0.2) is 0 Å². The van der Waals surface area contributed by atoms with Crippen molar-refractivity contribution in [2.24, 2.45) is 0 Å². The van der Waals surface area contributed by atoms with E-state index in [2.05, 4.69) is 20.7 Å². The molecule has 0 bridgehead atoms. The minimum absolute atomic E-state index is 0.397. The Hall–Kier alpha value is -3.95. The number of carbonyl (C=O) groups excluding carboxylic acids is 2. The summed E-state index contributed by atoms with van der Waals surface area (Å²) in [6.07, 6.45) is 1.46. The number of hydrogen-bond donors (Lipinski definition) is 4. The largest absolute Gasteiger partial charge is 0.325 e. The van der Waals surface area contributed by atoms with Gasteiger partial charge < -0.3 is 16.0 Å². The van der Waals surface area contributed by atoms with Crippen LogP contribution in [0, 0.1) is 6.92 Å². The van der Waals surface area contributed by atoms with Crippen LogP contribution in [-0.4, -0.2) is 26.9 Å². The number of anilines is 3. The molecule has 0 aromatic heterocycles. The van der Waals surface area contributed by atoms with Crippen LogP contribution in [-0.2, 0) is 14.8 Å². The summed E-state index contributed by atoms with van der Waals surface area (Å²) in [5.74, 6) is -0.523. The Bertz CT molecular complexity index is 1220. The predicted molar refractivity (Wildman–Crippen MR) is 131 cm³/mol. The molecular formula is C24H24N4O4S. The Labute approximate surface area is 192 Å². The number of nitrogens with one attached hydrogen (secondary N) is 4. The monoisotopic (exact) mass is 464 g/mol. The molecule has 0 aliphatic rings. The van der Waals surface area contributed by atoms with Gasteiger partial charge in [-0.2, -0.15) is 0 Å². The molecule has 0 aliphatic heterocycles. The van der Waals surface area contributed by atoms with Crippen molar-refractivity contribution in [2.75, 3.05) is 22.5 Å². The molecule has 3 rings (SSSR count). The molecule has 4 N–H and O–H groups in total. The van der Waals surface area contributed by atoms with E-state index in [9.17, 15) is 18.0 Å². The van der Waals surface area contributed by atoms with Crippen LogP contribution >= 0.6 is 0 Å². The van der Waals surface area contributed by atoms with Gasteiger partial charge >= 0.3 is 6.03 Å². The van der Waals surface area contributed by atoms with Crippen molar-refractivity contribution in [3.63, 3.8) is 0 Å². The fraction of sp³-hybridized carbons (Fsp3) is 0.0833. The second-order valence-electron chi connectivity index (χ2n) is 7.15. The highest BCUT2D eigenvalue weighted by atomic mass is 32.2. The zero-order valence-electron chi connectivity index (χ0n) is 17.9. The van der Waals surface area contributed by atoms with E-state index >= 15 is 0 Å². The van der Waals surface area contributed by atoms with Crippen molar-refractivity contribution < 1.29 is 18.0 Å². The molecule has 170 valence electrons. The van der Waals surface area contributed by atoms with Crippen molar-refractivity contribution in [1.82, 2.24) is 4.72 Å². The molecule has 33 heavy (non-hydrogen) atoms. The Morgan fingerprint density at radius 1 is 0.758 bits per heavy atom. The van der Waals surface area contributed by atoms with E-state index in [0.29, 0.717) is 17.1 Å². The van der Waals surface area contributed by atoms with Gasteiger partial charge in [0.25, 0.3) is 0 Å². The summed E-state index contributed by atoms with van der Waals surface area (Å²) in [6, 6.07) is 22.4. The number of carbonyl (C=O) groups is 2. The molecular weight excluding hydrogens is 440 g/mol. The van der Waals surface area contributed by atoms with Gasteiger partial charge in [-0.25, -0.2) is 17.9 Å². The van der Waals surface area contributed by atoms with E-state index in [1.165, 1.54) is 6.08 Å². The van der Waals surface area contributed by atoms with Crippen LogP contribution in [0.3, 0.4) is 0 Å². The van der Waals surface area contributed by atoms with Crippen LogP contribution < -0.4 is 20.7 Å². The van der Waals surface area contributed by atoms with E-state index in [1.807, 2.05) is 37.3 Å². The van der Waals surface area contributed by atoms with Crippen LogP contribution in [0.15, 0.2) is 84.3 Å². The topological polar surface area (TPSA) is 116 Å². The number of urea groups is 1. The third kappa shape index (κ3) is 8.24. The molecule has 0 saturated carbocycles. The maximum Gasteiger partial charge on any atom is 0.323 e. The van der Waals surface area contributed by atoms with Crippen LogP contribution in [0.5, 0.6) is 0 Å². The van der Waals surface area contributed by atoms with Gasteiger partial charge in [-0.05, 0) is 55.0 Å². The molecule has 0 heterocycles. The molecule has 0 radical (unpaired) electrons. The highest BCUT2D eigenvalue weighted by Crippen LogP contribution is 2.14. The van der Waals surface area contributed by atoms with Gasteiger partial charge in [0.2, 0.25) is 15.9 Å². The lowest BCUT2D eigenvalue weighted by atomic mass is 10.2. The molecule has 3 amide bonds. The van der Waals surface area contributed by atoms with Gasteiger partial charge in [-0.3, -0.25) is 4.79 Å². The number of rotatable bonds is 8. The van der Waals surface area contributed by atoms with Gasteiger partial charge in [0.1, 0.15) is 0 Å². The SMILES string of the molecule is Cc1ccc(/C=C/S(=O)(=O)NCC(=O)Nc2ccc(NC(=O)Nc3ccccc3)cc2)cc1. The van der Waals surface area contributed by atoms with Crippen molar-refractivity contribution in [3.05, 3.63) is 95.4 Å². The van der Waals surface area contributed by atoms with E-state index in [0.717, 1.165) is 16.5 Å². The molecule has 0 fully saturated rings. The van der Waals surface area contributed by atoms with Crippen LogP contribution in [0.25, 0.3) is 6.08 Å². The Kier molecular flexibility index (Phi) is 7.96. The van der Waals surface area contributed by atoms with E-state index in [-0.39, 0.29) is 0 Å². The standard InChI is InChI=1S/C24H24N4O4S/c1-18-7-9-19(10-8-18)15-16-33(31,32)25-17-23(29)26-21-11-13-22(14-12-21)28-24(30)27-20-5-3-2-4-6-20/h2-16,25H,17H2,1H3,(H,26,29)(H2,27,28,30)/b16-15+. The Balaban J connectivity index is 1.46. The fourth-order valence-electron chi connectivity index (χ4n) is 2.72. The third-order valence-electron chi connectivity index (χ3n) is 4.41.